The van der Waals surface area contributed by atoms with E-state index in [2.05, 4.69) is 23.1 Å². The van der Waals surface area contributed by atoms with E-state index < -0.39 is 0 Å². The van der Waals surface area contributed by atoms with E-state index in [-0.39, 0.29) is 0 Å². The first-order valence-electron chi connectivity index (χ1n) is 7.20. The SMILES string of the molecule is CCN(C1CCCCC1)C(CN)c1cnn(C)c1. The van der Waals surface area contributed by atoms with Crippen LogP contribution in [-0.2, 0) is 7.05 Å². The normalized spacial score (nSPS) is 19.3. The van der Waals surface area contributed by atoms with Gasteiger partial charge in [-0.1, -0.05) is 26.2 Å². The zero-order valence-electron chi connectivity index (χ0n) is 11.7. The van der Waals surface area contributed by atoms with E-state index in [0.29, 0.717) is 18.6 Å². The Morgan fingerprint density at radius 2 is 2.17 bits per heavy atom. The standard InChI is InChI=1S/C14H26N4/c1-3-18(13-7-5-4-6-8-13)14(9-15)12-10-16-17(2)11-12/h10-11,13-14H,3-9,15H2,1-2H3. The molecule has 0 radical (unpaired) electrons. The molecule has 1 aliphatic carbocycles. The summed E-state index contributed by atoms with van der Waals surface area (Å²) in [6.45, 7) is 3.99. The van der Waals surface area contributed by atoms with Gasteiger partial charge in [0.2, 0.25) is 0 Å². The summed E-state index contributed by atoms with van der Waals surface area (Å²) in [4.78, 5) is 2.58. The van der Waals surface area contributed by atoms with Crippen LogP contribution in [0.25, 0.3) is 0 Å². The number of hydrogen-bond acceptors (Lipinski definition) is 3. The minimum Gasteiger partial charge on any atom is -0.329 e. The van der Waals surface area contributed by atoms with Gasteiger partial charge in [-0.3, -0.25) is 9.58 Å². The zero-order valence-corrected chi connectivity index (χ0v) is 11.7. The second-order valence-electron chi connectivity index (χ2n) is 5.32. The quantitative estimate of drug-likeness (QED) is 0.870. The molecule has 1 saturated carbocycles. The van der Waals surface area contributed by atoms with E-state index in [1.165, 1.54) is 37.7 Å². The Labute approximate surface area is 110 Å². The van der Waals surface area contributed by atoms with E-state index in [4.69, 9.17) is 5.73 Å². The minimum atomic E-state index is 0.326. The van der Waals surface area contributed by atoms with Crippen LogP contribution < -0.4 is 5.73 Å². The number of nitrogens with zero attached hydrogens (tertiary/aromatic N) is 3. The molecule has 0 amide bonds. The van der Waals surface area contributed by atoms with Crippen molar-refractivity contribution < 1.29 is 0 Å². The second-order valence-corrected chi connectivity index (χ2v) is 5.32. The summed E-state index contributed by atoms with van der Waals surface area (Å²) in [6.07, 6.45) is 10.8. The summed E-state index contributed by atoms with van der Waals surface area (Å²) < 4.78 is 1.87. The van der Waals surface area contributed by atoms with Crippen LogP contribution in [0.5, 0.6) is 0 Å². The summed E-state index contributed by atoms with van der Waals surface area (Å²) in [6, 6.07) is 1.03. The monoisotopic (exact) mass is 250 g/mol. The van der Waals surface area contributed by atoms with Gasteiger partial charge in [0, 0.05) is 31.4 Å². The molecule has 2 rings (SSSR count). The smallest absolute Gasteiger partial charge is 0.0538 e. The van der Waals surface area contributed by atoms with Crippen LogP contribution in [0.15, 0.2) is 12.4 Å². The van der Waals surface area contributed by atoms with E-state index in [0.717, 1.165) is 6.54 Å². The highest BCUT2D eigenvalue weighted by molar-refractivity contribution is 5.11. The van der Waals surface area contributed by atoms with Crippen LogP contribution in [0.1, 0.15) is 50.6 Å². The molecule has 18 heavy (non-hydrogen) atoms. The van der Waals surface area contributed by atoms with Crippen LogP contribution in [0.4, 0.5) is 0 Å². The predicted octanol–water partition coefficient (Wildman–Crippen LogP) is 2.07. The molecule has 1 aromatic rings. The lowest BCUT2D eigenvalue weighted by molar-refractivity contribution is 0.114. The van der Waals surface area contributed by atoms with Gasteiger partial charge >= 0.3 is 0 Å². The first-order chi connectivity index (χ1) is 8.76. The average molecular weight is 250 g/mol. The molecular formula is C14H26N4. The Kier molecular flexibility index (Phi) is 4.78. The molecule has 0 spiro atoms. The Balaban J connectivity index is 2.12. The Hall–Kier alpha value is -0.870. The lowest BCUT2D eigenvalue weighted by Crippen LogP contribution is -2.42. The van der Waals surface area contributed by atoms with Crippen LogP contribution >= 0.6 is 0 Å². The van der Waals surface area contributed by atoms with Crippen molar-refractivity contribution >= 4 is 0 Å². The molecule has 0 saturated heterocycles. The van der Waals surface area contributed by atoms with Gasteiger partial charge < -0.3 is 5.73 Å². The molecule has 1 heterocycles. The molecule has 1 aromatic heterocycles. The highest BCUT2D eigenvalue weighted by atomic mass is 15.3. The summed E-state index contributed by atoms with van der Waals surface area (Å²) in [5.74, 6) is 0. The van der Waals surface area contributed by atoms with Gasteiger partial charge in [0.1, 0.15) is 0 Å². The lowest BCUT2D eigenvalue weighted by atomic mass is 9.92. The molecule has 4 nitrogen and oxygen atoms in total. The van der Waals surface area contributed by atoms with Gasteiger partial charge in [0.25, 0.3) is 0 Å². The molecule has 1 fully saturated rings. The highest BCUT2D eigenvalue weighted by Gasteiger charge is 2.27. The number of aromatic nitrogens is 2. The van der Waals surface area contributed by atoms with Gasteiger partial charge in [-0.25, -0.2) is 0 Å². The van der Waals surface area contributed by atoms with Crippen molar-refractivity contribution in [2.75, 3.05) is 13.1 Å². The van der Waals surface area contributed by atoms with Crippen LogP contribution in [0.3, 0.4) is 0 Å². The molecule has 0 bridgehead atoms. The highest BCUT2D eigenvalue weighted by Crippen LogP contribution is 2.29. The summed E-state index contributed by atoms with van der Waals surface area (Å²) >= 11 is 0. The maximum Gasteiger partial charge on any atom is 0.0538 e. The maximum absolute atomic E-state index is 6.02. The third-order valence-electron chi connectivity index (χ3n) is 4.14. The van der Waals surface area contributed by atoms with Crippen LogP contribution in [0, 0.1) is 0 Å². The first-order valence-corrected chi connectivity index (χ1v) is 7.20. The summed E-state index contributed by atoms with van der Waals surface area (Å²) in [7, 11) is 1.97. The molecule has 0 aliphatic heterocycles. The molecule has 102 valence electrons. The van der Waals surface area contributed by atoms with Gasteiger partial charge in [0.15, 0.2) is 0 Å². The Morgan fingerprint density at radius 3 is 2.67 bits per heavy atom. The molecule has 1 atom stereocenters. The largest absolute Gasteiger partial charge is 0.329 e. The summed E-state index contributed by atoms with van der Waals surface area (Å²) in [5, 5.41) is 4.28. The Morgan fingerprint density at radius 1 is 1.44 bits per heavy atom. The molecule has 1 unspecified atom stereocenters. The molecular weight excluding hydrogens is 224 g/mol. The first kappa shape index (κ1) is 13.6. The van der Waals surface area contributed by atoms with E-state index >= 15 is 0 Å². The van der Waals surface area contributed by atoms with Crippen molar-refractivity contribution in [1.29, 1.82) is 0 Å². The minimum absolute atomic E-state index is 0.326. The summed E-state index contributed by atoms with van der Waals surface area (Å²) in [5.41, 5.74) is 7.28. The van der Waals surface area contributed by atoms with Crippen LogP contribution in [0.2, 0.25) is 0 Å². The average Bonchev–Trinajstić information content (AvgIpc) is 2.83. The van der Waals surface area contributed by atoms with Gasteiger partial charge in [-0.05, 0) is 19.4 Å². The van der Waals surface area contributed by atoms with Crippen molar-refractivity contribution in [1.82, 2.24) is 14.7 Å². The fraction of sp³-hybridized carbons (Fsp3) is 0.786. The second kappa shape index (κ2) is 6.34. The van der Waals surface area contributed by atoms with Crippen molar-refractivity contribution in [2.45, 2.75) is 51.1 Å². The molecule has 2 N–H and O–H groups in total. The van der Waals surface area contributed by atoms with Gasteiger partial charge in [-0.2, -0.15) is 5.10 Å². The number of nitrogens with two attached hydrogens (primary N) is 1. The predicted molar refractivity (Wildman–Crippen MR) is 74.3 cm³/mol. The van der Waals surface area contributed by atoms with Gasteiger partial charge in [0.05, 0.1) is 12.2 Å². The third kappa shape index (κ3) is 2.93. The topological polar surface area (TPSA) is 47.1 Å². The van der Waals surface area contributed by atoms with E-state index in [1.807, 2.05) is 17.9 Å². The van der Waals surface area contributed by atoms with Crippen LogP contribution in [-0.4, -0.2) is 33.8 Å². The molecule has 0 aromatic carbocycles. The van der Waals surface area contributed by atoms with Crippen molar-refractivity contribution in [3.63, 3.8) is 0 Å². The van der Waals surface area contributed by atoms with Crippen molar-refractivity contribution in [3.05, 3.63) is 18.0 Å². The van der Waals surface area contributed by atoms with Crippen molar-refractivity contribution in [2.24, 2.45) is 12.8 Å². The lowest BCUT2D eigenvalue weighted by Gasteiger charge is -2.38. The third-order valence-corrected chi connectivity index (χ3v) is 4.14. The van der Waals surface area contributed by atoms with Crippen molar-refractivity contribution in [3.8, 4) is 0 Å². The Bertz CT molecular complexity index is 354. The van der Waals surface area contributed by atoms with E-state index in [1.54, 1.807) is 0 Å². The fourth-order valence-corrected chi connectivity index (χ4v) is 3.22. The number of likely N-dealkylation sites (N-methyl/N-ethyl adjacent to an activating group) is 1. The molecule has 4 heteroatoms. The van der Waals surface area contributed by atoms with E-state index in [9.17, 15) is 0 Å². The fourth-order valence-electron chi connectivity index (χ4n) is 3.22. The zero-order chi connectivity index (χ0) is 13.0. The maximum atomic E-state index is 6.02. The number of hydrogen-bond donors (Lipinski definition) is 1. The number of rotatable bonds is 5. The van der Waals surface area contributed by atoms with Gasteiger partial charge in [-0.15, -0.1) is 0 Å². The number of aryl methyl sites for hydroxylation is 1. The molecule has 1 aliphatic rings.